The summed E-state index contributed by atoms with van der Waals surface area (Å²) in [5, 5.41) is 3.76. The summed E-state index contributed by atoms with van der Waals surface area (Å²) < 4.78 is 13.2. The van der Waals surface area contributed by atoms with Crippen LogP contribution in [0.1, 0.15) is 37.5 Å². The van der Waals surface area contributed by atoms with Crippen LogP contribution in [-0.2, 0) is 33.8 Å². The van der Waals surface area contributed by atoms with Gasteiger partial charge >= 0.3 is 12.1 Å². The van der Waals surface area contributed by atoms with Crippen molar-refractivity contribution in [2.75, 3.05) is 0 Å². The van der Waals surface area contributed by atoms with E-state index in [-0.39, 0.29) is 13.0 Å². The molecule has 0 saturated carbocycles. The maximum absolute atomic E-state index is 13.2. The van der Waals surface area contributed by atoms with E-state index in [0.29, 0.717) is 6.54 Å². The van der Waals surface area contributed by atoms with Crippen LogP contribution in [-0.4, -0.2) is 28.3 Å². The smallest absolute Gasteiger partial charge is 0.408 e. The highest BCUT2D eigenvalue weighted by Gasteiger charge is 2.27. The molecule has 1 atom stereocenters. The van der Waals surface area contributed by atoms with Crippen LogP contribution in [0.25, 0.3) is 17.0 Å². The summed E-state index contributed by atoms with van der Waals surface area (Å²) in [4.78, 5) is 25.8. The predicted molar refractivity (Wildman–Crippen MR) is 151 cm³/mol. The number of para-hydroxylation sites is 1. The maximum Gasteiger partial charge on any atom is 0.408 e. The van der Waals surface area contributed by atoms with Gasteiger partial charge in [-0.05, 0) is 43.5 Å². The van der Waals surface area contributed by atoms with Crippen molar-refractivity contribution in [3.8, 4) is 0 Å². The topological polar surface area (TPSA) is 69.6 Å². The van der Waals surface area contributed by atoms with Crippen LogP contribution in [0.4, 0.5) is 4.79 Å². The van der Waals surface area contributed by atoms with Gasteiger partial charge in [0.15, 0.2) is 0 Å². The molecule has 1 heterocycles. The van der Waals surface area contributed by atoms with Gasteiger partial charge in [0, 0.05) is 30.1 Å². The number of esters is 1. The Labute approximate surface area is 223 Å². The summed E-state index contributed by atoms with van der Waals surface area (Å²) in [7, 11) is 0. The fraction of sp³-hybridized carbons (Fsp3) is 0.250. The first-order chi connectivity index (χ1) is 18.3. The number of benzene rings is 3. The number of carbonyl (C=O) groups excluding carboxylic acids is 2. The van der Waals surface area contributed by atoms with Crippen LogP contribution in [0.2, 0.25) is 0 Å². The Balaban J connectivity index is 1.55. The number of ether oxygens (including phenoxy) is 2. The van der Waals surface area contributed by atoms with Crippen LogP contribution in [0.3, 0.4) is 0 Å². The molecule has 1 amide bonds. The lowest BCUT2D eigenvalue weighted by atomic mass is 10.1. The lowest BCUT2D eigenvalue weighted by Crippen LogP contribution is -2.45. The second-order valence-corrected chi connectivity index (χ2v) is 10.1. The molecule has 0 aliphatic heterocycles. The van der Waals surface area contributed by atoms with Crippen molar-refractivity contribution in [2.45, 2.75) is 52.0 Å². The number of aromatic nitrogens is 1. The minimum absolute atomic E-state index is 0.123. The summed E-state index contributed by atoms with van der Waals surface area (Å²) in [6, 6.07) is 26.7. The summed E-state index contributed by atoms with van der Waals surface area (Å²) in [5.41, 5.74) is 3.30. The van der Waals surface area contributed by atoms with Crippen LogP contribution in [0.5, 0.6) is 0 Å². The third-order valence-electron chi connectivity index (χ3n) is 5.91. The number of fused-ring (bicyclic) bond motifs is 1. The van der Waals surface area contributed by atoms with Crippen molar-refractivity contribution in [1.82, 2.24) is 9.88 Å². The van der Waals surface area contributed by atoms with Gasteiger partial charge in [-0.15, -0.1) is 0 Å². The molecular formula is C32H34N2O4. The normalized spacial score (nSPS) is 12.4. The fourth-order valence-electron chi connectivity index (χ4n) is 4.20. The molecule has 4 rings (SSSR count). The predicted octanol–water partition coefficient (Wildman–Crippen LogP) is 6.53. The van der Waals surface area contributed by atoms with E-state index >= 15 is 0 Å². The average Bonchev–Trinajstić information content (AvgIpc) is 3.24. The molecule has 0 aliphatic rings. The highest BCUT2D eigenvalue weighted by Crippen LogP contribution is 2.23. The van der Waals surface area contributed by atoms with Crippen LogP contribution in [0.15, 0.2) is 97.2 Å². The third kappa shape index (κ3) is 7.59. The van der Waals surface area contributed by atoms with Crippen LogP contribution in [0, 0.1) is 0 Å². The zero-order valence-electron chi connectivity index (χ0n) is 22.1. The van der Waals surface area contributed by atoms with E-state index < -0.39 is 23.7 Å². The SMILES string of the molecule is CC(C)(C)OC(=O)NC(Cc1cn(C/C=C/c2ccccc2)c2ccccc12)C(=O)OCc1ccccc1. The average molecular weight is 511 g/mol. The Morgan fingerprint density at radius 1 is 0.921 bits per heavy atom. The van der Waals surface area contributed by atoms with E-state index in [0.717, 1.165) is 27.6 Å². The van der Waals surface area contributed by atoms with E-state index in [4.69, 9.17) is 9.47 Å². The van der Waals surface area contributed by atoms with Crippen molar-refractivity contribution in [3.05, 3.63) is 114 Å². The van der Waals surface area contributed by atoms with E-state index in [1.165, 1.54) is 0 Å². The minimum Gasteiger partial charge on any atom is -0.459 e. The number of rotatable bonds is 9. The van der Waals surface area contributed by atoms with Gasteiger partial charge in [-0.3, -0.25) is 0 Å². The second-order valence-electron chi connectivity index (χ2n) is 10.1. The Hall–Kier alpha value is -4.32. The third-order valence-corrected chi connectivity index (χ3v) is 5.91. The van der Waals surface area contributed by atoms with Crippen molar-refractivity contribution < 1.29 is 19.1 Å². The highest BCUT2D eigenvalue weighted by molar-refractivity contribution is 5.86. The minimum atomic E-state index is -0.910. The molecule has 0 radical (unpaired) electrons. The molecule has 0 fully saturated rings. The standard InChI is InChI=1S/C32H34N2O4/c1-32(2,3)38-31(36)33-28(30(35)37-23-25-15-8-5-9-16-25)21-26-22-34(29-19-11-10-18-27(26)29)20-12-17-24-13-6-4-7-14-24/h4-19,22,28H,20-21,23H2,1-3H3,(H,33,36)/b17-12+. The molecule has 4 aromatic rings. The van der Waals surface area contributed by atoms with Gasteiger partial charge in [-0.1, -0.05) is 91.0 Å². The Bertz CT molecular complexity index is 1390. The number of nitrogens with zero attached hydrogens (tertiary/aromatic N) is 1. The Morgan fingerprint density at radius 3 is 2.29 bits per heavy atom. The molecule has 3 aromatic carbocycles. The molecule has 1 aromatic heterocycles. The van der Waals surface area contributed by atoms with Gasteiger partial charge < -0.3 is 19.4 Å². The van der Waals surface area contributed by atoms with Crippen molar-refractivity contribution >= 4 is 29.0 Å². The number of nitrogens with one attached hydrogen (secondary N) is 1. The number of allylic oxidation sites excluding steroid dienone is 1. The van der Waals surface area contributed by atoms with Gasteiger partial charge in [0.25, 0.3) is 0 Å². The van der Waals surface area contributed by atoms with E-state index in [1.807, 2.05) is 72.9 Å². The molecule has 0 bridgehead atoms. The van der Waals surface area contributed by atoms with Gasteiger partial charge in [-0.25, -0.2) is 9.59 Å². The Morgan fingerprint density at radius 2 is 1.58 bits per heavy atom. The molecule has 0 saturated heterocycles. The van der Waals surface area contributed by atoms with Gasteiger partial charge in [0.2, 0.25) is 0 Å². The second kappa shape index (κ2) is 12.3. The summed E-state index contributed by atoms with van der Waals surface area (Å²) in [5.74, 6) is -0.513. The molecule has 0 spiro atoms. The van der Waals surface area contributed by atoms with Gasteiger partial charge in [0.05, 0.1) is 0 Å². The fourth-order valence-corrected chi connectivity index (χ4v) is 4.20. The van der Waals surface area contributed by atoms with E-state index in [9.17, 15) is 9.59 Å². The van der Waals surface area contributed by atoms with Crippen molar-refractivity contribution in [1.29, 1.82) is 0 Å². The first-order valence-electron chi connectivity index (χ1n) is 12.8. The molecule has 1 unspecified atom stereocenters. The molecule has 6 nitrogen and oxygen atoms in total. The lowest BCUT2D eigenvalue weighted by molar-refractivity contribution is -0.147. The molecule has 0 aliphatic carbocycles. The van der Waals surface area contributed by atoms with Crippen molar-refractivity contribution in [3.63, 3.8) is 0 Å². The molecule has 38 heavy (non-hydrogen) atoms. The number of alkyl carbamates (subject to hydrolysis) is 1. The molecule has 6 heteroatoms. The zero-order chi connectivity index (χ0) is 27.0. The summed E-state index contributed by atoms with van der Waals surface area (Å²) >= 11 is 0. The first kappa shape index (κ1) is 26.7. The van der Waals surface area contributed by atoms with E-state index in [1.54, 1.807) is 20.8 Å². The highest BCUT2D eigenvalue weighted by atomic mass is 16.6. The molecular weight excluding hydrogens is 476 g/mol. The number of hydrogen-bond donors (Lipinski definition) is 1. The van der Waals surface area contributed by atoms with Crippen molar-refractivity contribution in [2.24, 2.45) is 0 Å². The quantitative estimate of drug-likeness (QED) is 0.260. The molecule has 196 valence electrons. The van der Waals surface area contributed by atoms with Crippen LogP contribution >= 0.6 is 0 Å². The maximum atomic E-state index is 13.2. The Kier molecular flexibility index (Phi) is 8.64. The summed E-state index contributed by atoms with van der Waals surface area (Å²) in [6.07, 6.45) is 5.84. The van der Waals surface area contributed by atoms with E-state index in [2.05, 4.69) is 40.2 Å². The monoisotopic (exact) mass is 510 g/mol. The largest absolute Gasteiger partial charge is 0.459 e. The number of carbonyl (C=O) groups is 2. The van der Waals surface area contributed by atoms with Gasteiger partial charge in [0.1, 0.15) is 18.2 Å². The number of amides is 1. The number of hydrogen-bond acceptors (Lipinski definition) is 4. The first-order valence-corrected chi connectivity index (χ1v) is 12.8. The zero-order valence-corrected chi connectivity index (χ0v) is 22.1. The van der Waals surface area contributed by atoms with Gasteiger partial charge in [-0.2, -0.15) is 0 Å². The molecule has 1 N–H and O–H groups in total. The lowest BCUT2D eigenvalue weighted by Gasteiger charge is -2.23. The summed E-state index contributed by atoms with van der Waals surface area (Å²) in [6.45, 7) is 6.14. The van der Waals surface area contributed by atoms with Crippen LogP contribution < -0.4 is 5.32 Å².